The first kappa shape index (κ1) is 17.5. The largest absolute Gasteiger partial charge is 0.478 e. The molecule has 0 unspecified atom stereocenters. The molecule has 126 valence electrons. The molecule has 2 rings (SSSR count). The SMILES string of the molecule is CC(C)(Oc1ccc(F)cc1)C(=O)N[C@@H](C(N)=O)c1ccccc1. The average Bonchev–Trinajstić information content (AvgIpc) is 2.54. The number of nitrogens with two attached hydrogens (primary N) is 1. The Morgan fingerprint density at radius 2 is 1.67 bits per heavy atom. The van der Waals surface area contributed by atoms with Crippen LogP contribution in [-0.2, 0) is 9.59 Å². The van der Waals surface area contributed by atoms with Gasteiger partial charge in [0.2, 0.25) is 5.91 Å². The molecule has 0 aliphatic heterocycles. The fourth-order valence-electron chi connectivity index (χ4n) is 2.11. The number of nitrogens with one attached hydrogen (secondary N) is 1. The van der Waals surface area contributed by atoms with E-state index in [-0.39, 0.29) is 0 Å². The van der Waals surface area contributed by atoms with Crippen LogP contribution >= 0.6 is 0 Å². The number of amides is 2. The number of ether oxygens (including phenoxy) is 1. The molecule has 0 aliphatic carbocycles. The first-order valence-electron chi connectivity index (χ1n) is 7.39. The molecule has 0 heterocycles. The summed E-state index contributed by atoms with van der Waals surface area (Å²) in [6.45, 7) is 3.10. The van der Waals surface area contributed by atoms with Gasteiger partial charge in [-0.25, -0.2) is 4.39 Å². The van der Waals surface area contributed by atoms with Crippen molar-refractivity contribution in [2.45, 2.75) is 25.5 Å². The summed E-state index contributed by atoms with van der Waals surface area (Å²) in [7, 11) is 0. The number of rotatable bonds is 6. The van der Waals surface area contributed by atoms with Gasteiger partial charge in [0.1, 0.15) is 17.6 Å². The van der Waals surface area contributed by atoms with Crippen LogP contribution in [0.1, 0.15) is 25.5 Å². The second-order valence-electron chi connectivity index (χ2n) is 5.79. The van der Waals surface area contributed by atoms with Gasteiger partial charge in [-0.1, -0.05) is 30.3 Å². The van der Waals surface area contributed by atoms with E-state index in [0.717, 1.165) is 0 Å². The van der Waals surface area contributed by atoms with Crippen molar-refractivity contribution in [3.05, 3.63) is 66.0 Å². The molecular formula is C18H19FN2O3. The van der Waals surface area contributed by atoms with Crippen LogP contribution in [0.25, 0.3) is 0 Å². The summed E-state index contributed by atoms with van der Waals surface area (Å²) in [5.41, 5.74) is 4.70. The van der Waals surface area contributed by atoms with Crippen molar-refractivity contribution in [3.63, 3.8) is 0 Å². The molecule has 3 N–H and O–H groups in total. The Bertz CT molecular complexity index is 715. The van der Waals surface area contributed by atoms with Crippen molar-refractivity contribution in [1.82, 2.24) is 5.32 Å². The highest BCUT2D eigenvalue weighted by Gasteiger charge is 2.33. The number of carbonyl (C=O) groups is 2. The van der Waals surface area contributed by atoms with Crippen molar-refractivity contribution in [3.8, 4) is 5.75 Å². The predicted molar refractivity (Wildman–Crippen MR) is 87.6 cm³/mol. The standard InChI is InChI=1S/C18H19FN2O3/c1-18(2,24-14-10-8-13(19)9-11-14)17(23)21-15(16(20)22)12-6-4-3-5-7-12/h3-11,15H,1-2H3,(H2,20,22)(H,21,23)/t15-/m1/s1. The third kappa shape index (κ3) is 4.32. The van der Waals surface area contributed by atoms with Crippen molar-refractivity contribution in [2.75, 3.05) is 0 Å². The van der Waals surface area contributed by atoms with E-state index in [1.165, 1.54) is 24.3 Å². The lowest BCUT2D eigenvalue weighted by Gasteiger charge is -2.27. The lowest BCUT2D eigenvalue weighted by molar-refractivity contribution is -0.137. The van der Waals surface area contributed by atoms with Crippen LogP contribution in [0.5, 0.6) is 5.75 Å². The number of primary amides is 1. The molecule has 6 heteroatoms. The molecule has 0 saturated heterocycles. The molecule has 0 aromatic heterocycles. The first-order valence-corrected chi connectivity index (χ1v) is 7.39. The Kier molecular flexibility index (Phi) is 5.18. The highest BCUT2D eigenvalue weighted by atomic mass is 19.1. The number of halogens is 1. The summed E-state index contributed by atoms with van der Waals surface area (Å²) >= 11 is 0. The van der Waals surface area contributed by atoms with Crippen LogP contribution < -0.4 is 15.8 Å². The molecule has 0 aliphatic rings. The second-order valence-corrected chi connectivity index (χ2v) is 5.79. The fourth-order valence-corrected chi connectivity index (χ4v) is 2.11. The fraction of sp³-hybridized carbons (Fsp3) is 0.222. The monoisotopic (exact) mass is 330 g/mol. The summed E-state index contributed by atoms with van der Waals surface area (Å²) in [5, 5.41) is 2.59. The van der Waals surface area contributed by atoms with E-state index in [9.17, 15) is 14.0 Å². The second kappa shape index (κ2) is 7.12. The molecular weight excluding hydrogens is 311 g/mol. The minimum absolute atomic E-state index is 0.340. The van der Waals surface area contributed by atoms with E-state index in [1.54, 1.807) is 44.2 Å². The molecule has 2 amide bonds. The molecule has 0 spiro atoms. The van der Waals surface area contributed by atoms with E-state index >= 15 is 0 Å². The van der Waals surface area contributed by atoms with Gasteiger partial charge in [-0.15, -0.1) is 0 Å². The molecule has 24 heavy (non-hydrogen) atoms. The van der Waals surface area contributed by atoms with Gasteiger partial charge in [0.05, 0.1) is 0 Å². The molecule has 0 saturated carbocycles. The third-order valence-corrected chi connectivity index (χ3v) is 3.43. The zero-order chi connectivity index (χ0) is 17.7. The molecule has 2 aromatic rings. The molecule has 0 bridgehead atoms. The number of carbonyl (C=O) groups excluding carboxylic acids is 2. The molecule has 2 aromatic carbocycles. The van der Waals surface area contributed by atoms with Gasteiger partial charge < -0.3 is 15.8 Å². The number of hydrogen-bond donors (Lipinski definition) is 2. The Morgan fingerprint density at radius 1 is 1.08 bits per heavy atom. The average molecular weight is 330 g/mol. The van der Waals surface area contributed by atoms with Gasteiger partial charge >= 0.3 is 0 Å². The Hall–Kier alpha value is -2.89. The lowest BCUT2D eigenvalue weighted by atomic mass is 10.0. The van der Waals surface area contributed by atoms with Crippen molar-refractivity contribution >= 4 is 11.8 Å². The highest BCUT2D eigenvalue weighted by molar-refractivity contribution is 5.91. The van der Waals surface area contributed by atoms with Crippen molar-refractivity contribution < 1.29 is 18.7 Å². The Balaban J connectivity index is 2.13. The predicted octanol–water partition coefficient (Wildman–Crippen LogP) is 2.33. The maximum atomic E-state index is 12.9. The molecule has 1 atom stereocenters. The van der Waals surface area contributed by atoms with Crippen LogP contribution in [-0.4, -0.2) is 17.4 Å². The van der Waals surface area contributed by atoms with Gasteiger partial charge in [0, 0.05) is 0 Å². The van der Waals surface area contributed by atoms with E-state index in [1.807, 2.05) is 0 Å². The van der Waals surface area contributed by atoms with E-state index in [0.29, 0.717) is 11.3 Å². The topological polar surface area (TPSA) is 81.4 Å². The number of hydrogen-bond acceptors (Lipinski definition) is 3. The van der Waals surface area contributed by atoms with Crippen LogP contribution in [0.2, 0.25) is 0 Å². The Morgan fingerprint density at radius 3 is 2.21 bits per heavy atom. The maximum absolute atomic E-state index is 12.9. The van der Waals surface area contributed by atoms with E-state index in [2.05, 4.69) is 5.32 Å². The summed E-state index contributed by atoms with van der Waals surface area (Å²) in [5.74, 6) is -1.25. The smallest absolute Gasteiger partial charge is 0.264 e. The Labute approximate surface area is 139 Å². The van der Waals surface area contributed by atoms with Crippen LogP contribution in [0.4, 0.5) is 4.39 Å². The zero-order valence-electron chi connectivity index (χ0n) is 13.5. The van der Waals surface area contributed by atoms with Gasteiger partial charge in [-0.05, 0) is 43.7 Å². The van der Waals surface area contributed by atoms with Gasteiger partial charge in [0.15, 0.2) is 5.60 Å². The van der Waals surface area contributed by atoms with E-state index in [4.69, 9.17) is 10.5 Å². The summed E-state index contributed by atoms with van der Waals surface area (Å²) < 4.78 is 18.5. The van der Waals surface area contributed by atoms with E-state index < -0.39 is 29.3 Å². The van der Waals surface area contributed by atoms with Crippen LogP contribution in [0.3, 0.4) is 0 Å². The maximum Gasteiger partial charge on any atom is 0.264 e. The lowest BCUT2D eigenvalue weighted by Crippen LogP contribution is -2.50. The quantitative estimate of drug-likeness (QED) is 0.853. The molecule has 0 radical (unpaired) electrons. The third-order valence-electron chi connectivity index (χ3n) is 3.43. The van der Waals surface area contributed by atoms with Crippen molar-refractivity contribution in [1.29, 1.82) is 0 Å². The minimum Gasteiger partial charge on any atom is -0.478 e. The van der Waals surface area contributed by atoms with Crippen molar-refractivity contribution in [2.24, 2.45) is 5.73 Å². The van der Waals surface area contributed by atoms with Gasteiger partial charge in [0.25, 0.3) is 5.91 Å². The first-order chi connectivity index (χ1) is 11.3. The molecule has 0 fully saturated rings. The summed E-state index contributed by atoms with van der Waals surface area (Å²) in [6.07, 6.45) is 0. The van der Waals surface area contributed by atoms with Crippen LogP contribution in [0, 0.1) is 5.82 Å². The normalized spacial score (nSPS) is 12.3. The number of benzene rings is 2. The van der Waals surface area contributed by atoms with Gasteiger partial charge in [-0.3, -0.25) is 9.59 Å². The minimum atomic E-state index is -1.28. The van der Waals surface area contributed by atoms with Crippen LogP contribution in [0.15, 0.2) is 54.6 Å². The summed E-state index contributed by atoms with van der Waals surface area (Å²) in [6, 6.07) is 13.0. The highest BCUT2D eigenvalue weighted by Crippen LogP contribution is 2.20. The molecule has 5 nitrogen and oxygen atoms in total. The zero-order valence-corrected chi connectivity index (χ0v) is 13.5. The summed E-state index contributed by atoms with van der Waals surface area (Å²) in [4.78, 5) is 24.2. The van der Waals surface area contributed by atoms with Gasteiger partial charge in [-0.2, -0.15) is 0 Å².